The number of hydrogen-bond acceptors (Lipinski definition) is 0. The van der Waals surface area contributed by atoms with Crippen molar-refractivity contribution in [2.45, 2.75) is 467 Å². The van der Waals surface area contributed by atoms with Crippen LogP contribution in [0.5, 0.6) is 0 Å². The van der Waals surface area contributed by atoms with Crippen molar-refractivity contribution in [1.29, 1.82) is 0 Å². The fraction of sp³-hybridized carbons (Fsp3) is 0.929. The standard InChI is InChI=1S/C29H50Si.2C26H46Si.C24H44Si.8CH3.8ClH.4Zr/c1-18(2)24-17-29(27-16-22-10-6-9-21(22)15-26(24)27)30(3,4)28-12-11-23-13-19-7-5-8-20(19)14-25(23)28;1-17(2)23-16-26(22-11-6-5-10-21(22)23)27(3,4)25-13-12-20-14-18-8-7-9-19(18)15-24(20)25;1-17(2)22-16-26(24-15-20-10-7-9-19(20)14-23(22)24)27(3,4)25-13-12-18-8-5-6-11-21(18)25;1-5-17(2)22-16-24(21-13-9-8-12-20(21)22)25(3,4)23-15-14-18-10-6-7-11-19(18)23;;;;;;;;;;;;;;;;;;;;/h18-29H,5-17H2,1-4H3;2*17-26H,5-16H2,1-4H3;17-24H,5-16H2,1-4H3;8*1H3;8*1H;;;;/q;;;;8*-1;;;;;;;;;4*+4/p-8. The second-order valence-electron chi connectivity index (χ2n) is 51.3. The second kappa shape index (κ2) is 58.0. The van der Waals surface area contributed by atoms with Gasteiger partial charge in [0, 0.05) is 0 Å². The summed E-state index contributed by atoms with van der Waals surface area (Å²) in [6.45, 7) is 43.5. The van der Waals surface area contributed by atoms with Gasteiger partial charge in [-0.05, 0) is 324 Å². The first-order valence-electron chi connectivity index (χ1n) is 53.9. The van der Waals surface area contributed by atoms with Crippen LogP contribution in [-0.2, 0) is 83.4 Å². The number of hydrogen-bond donors (Lipinski definition) is 0. The number of halogens is 8. The first-order valence-corrected chi connectivity index (χ1v) is 91.8. The van der Waals surface area contributed by atoms with Crippen molar-refractivity contribution in [1.82, 2.24) is 0 Å². The van der Waals surface area contributed by atoms with E-state index >= 15 is 0 Å². The molecule has 37 unspecified atom stereocenters. The molecule has 16 heteroatoms. The van der Waals surface area contributed by atoms with E-state index in [0.717, 1.165) is 189 Å². The summed E-state index contributed by atoms with van der Waals surface area (Å²) in [6, 6.07) is 0. The summed E-state index contributed by atoms with van der Waals surface area (Å²) in [7, 11) is 34.7. The van der Waals surface area contributed by atoms with Gasteiger partial charge < -0.3 is 59.4 Å². The molecule has 0 spiro atoms. The van der Waals surface area contributed by atoms with Crippen LogP contribution in [0.3, 0.4) is 0 Å². The van der Waals surface area contributed by atoms with Crippen LogP contribution >= 0.6 is 68.1 Å². The Kier molecular flexibility index (Phi) is 56.8. The Hall–Kier alpha value is 6.72. The molecule has 0 nitrogen and oxygen atoms in total. The van der Waals surface area contributed by atoms with E-state index < -0.39 is 116 Å². The van der Waals surface area contributed by atoms with Gasteiger partial charge in [0.15, 0.2) is 0 Å². The van der Waals surface area contributed by atoms with E-state index in [-0.39, 0.29) is 59.4 Å². The molecule has 0 radical (unpaired) electrons. The molecule has 20 aliphatic rings. The Labute approximate surface area is 888 Å². The minimum atomic E-state index is -1.23. The van der Waals surface area contributed by atoms with Gasteiger partial charge in [-0.15, -0.1) is 0 Å². The van der Waals surface area contributed by atoms with Gasteiger partial charge in [0.25, 0.3) is 0 Å². The molecule has 0 aromatic rings. The van der Waals surface area contributed by atoms with Gasteiger partial charge in [-0.3, -0.25) is 0 Å². The summed E-state index contributed by atoms with van der Waals surface area (Å²) in [5, 5.41) is 0. The van der Waals surface area contributed by atoms with E-state index in [4.69, 9.17) is 68.1 Å². The van der Waals surface area contributed by atoms with E-state index in [2.05, 4.69) is 108 Å². The van der Waals surface area contributed by atoms with Crippen molar-refractivity contribution in [2.24, 2.45) is 189 Å². The molecule has 0 saturated heterocycles. The van der Waals surface area contributed by atoms with Crippen molar-refractivity contribution in [3.05, 3.63) is 59.4 Å². The monoisotopic (exact) mass is 2320 g/mol. The third kappa shape index (κ3) is 28.5. The van der Waals surface area contributed by atoms with Gasteiger partial charge in [0.05, 0.1) is 32.3 Å². The van der Waals surface area contributed by atoms with E-state index in [0.29, 0.717) is 0 Å². The van der Waals surface area contributed by atoms with Gasteiger partial charge in [-0.25, -0.2) is 0 Å². The molecule has 20 aliphatic carbocycles. The molecule has 0 aliphatic heterocycles. The molecular formula is C113H210Cl8Si4Zr4. The Morgan fingerprint density at radius 3 is 0.682 bits per heavy atom. The summed E-state index contributed by atoms with van der Waals surface area (Å²) in [5.74, 6) is 35.3. The normalized spacial score (nSPS) is 42.4. The molecule has 750 valence electrons. The number of rotatable bonds is 13. The topological polar surface area (TPSA) is 0 Å². The maximum absolute atomic E-state index is 4.93. The zero-order valence-corrected chi connectivity index (χ0v) is 109. The quantitative estimate of drug-likeness (QED) is 0.127. The van der Waals surface area contributed by atoms with Crippen molar-refractivity contribution < 1.29 is 83.4 Å². The summed E-state index contributed by atoms with van der Waals surface area (Å²) in [4.78, 5) is 0. The molecule has 0 aromatic carbocycles. The Balaban J connectivity index is 0.000000287. The van der Waals surface area contributed by atoms with Crippen LogP contribution in [0.25, 0.3) is 0 Å². The van der Waals surface area contributed by atoms with Crippen LogP contribution in [0, 0.1) is 249 Å². The van der Waals surface area contributed by atoms with E-state index in [9.17, 15) is 0 Å². The third-order valence-electron chi connectivity index (χ3n) is 45.3. The Morgan fingerprint density at radius 2 is 0.395 bits per heavy atom. The van der Waals surface area contributed by atoms with Gasteiger partial charge in [0.1, 0.15) is 0 Å². The maximum atomic E-state index is 4.93. The fourth-order valence-electron chi connectivity index (χ4n) is 40.0. The Morgan fingerprint density at radius 1 is 0.194 bits per heavy atom. The zero-order chi connectivity index (χ0) is 86.6. The van der Waals surface area contributed by atoms with Crippen molar-refractivity contribution >= 4 is 100 Å². The molecule has 0 bridgehead atoms. The Bertz CT molecular complexity index is 3060. The molecule has 0 amide bonds. The van der Waals surface area contributed by atoms with Gasteiger partial charge >= 0.3 is 151 Å². The predicted octanol–water partition coefficient (Wildman–Crippen LogP) is 42.1. The van der Waals surface area contributed by atoms with Crippen LogP contribution in [-0.4, -0.2) is 32.3 Å². The summed E-state index contributed by atoms with van der Waals surface area (Å²) in [5.41, 5.74) is 9.40. The second-order valence-corrected chi connectivity index (χ2v) is 86.7. The van der Waals surface area contributed by atoms with Crippen LogP contribution in [0.1, 0.15) is 370 Å². The van der Waals surface area contributed by atoms with Crippen molar-refractivity contribution in [2.75, 3.05) is 0 Å². The molecule has 0 heterocycles. The SMILES string of the molecule is CC(C)C1CC([Si](C)(C)C2CCC3CC4CCCC4CC32)C2CC3CCCC3CC12.CC(C)C1CC([Si](C)(C)C2CCC3CC4CCCC4CC32)C2CCCCC12.CC(C)C1CC([Si](C)(C)C2CCC3CCCCC32)C2CC3CCCC3CC12.CCC(C)C1CC([Si](C)(C)C2CCC3CCCCC32)C2CCCCC12.[CH3-].[CH3-].[CH3-].[CH3-].[CH3-].[CH3-].[CH3-].[CH3-].[Cl][Zr+2][Cl].[Cl][Zr+2][Cl].[Cl][Zr+2][Cl].[Cl][Zr+2][Cl]. The van der Waals surface area contributed by atoms with E-state index in [1.54, 1.807) is 295 Å². The summed E-state index contributed by atoms with van der Waals surface area (Å²) >= 11 is -3.30. The summed E-state index contributed by atoms with van der Waals surface area (Å²) in [6.07, 6.45) is 78.1. The van der Waals surface area contributed by atoms with E-state index in [1.165, 1.54) is 63.6 Å². The molecule has 20 rings (SSSR count). The predicted molar refractivity (Wildman–Crippen MR) is 581 cm³/mol. The molecule has 37 atom stereocenters. The average Bonchev–Trinajstić information content (AvgIpc) is 1.63. The first kappa shape index (κ1) is 126. The van der Waals surface area contributed by atoms with Crippen molar-refractivity contribution in [3.8, 4) is 0 Å². The van der Waals surface area contributed by atoms with Crippen molar-refractivity contribution in [3.63, 3.8) is 0 Å². The molecule has 129 heavy (non-hydrogen) atoms. The molecule has 20 fully saturated rings. The zero-order valence-electron chi connectivity index (χ0n) is 88.8. The van der Waals surface area contributed by atoms with Crippen LogP contribution < -0.4 is 0 Å². The summed E-state index contributed by atoms with van der Waals surface area (Å²) < 4.78 is 0. The van der Waals surface area contributed by atoms with Gasteiger partial charge in [0.2, 0.25) is 0 Å². The van der Waals surface area contributed by atoms with Gasteiger partial charge in [-0.1, -0.05) is 332 Å². The molecule has 20 saturated carbocycles. The van der Waals surface area contributed by atoms with Crippen LogP contribution in [0.2, 0.25) is 96.7 Å². The molecule has 0 aromatic heterocycles. The van der Waals surface area contributed by atoms with Crippen LogP contribution in [0.4, 0.5) is 0 Å². The third-order valence-corrected chi connectivity index (χ3v) is 66.2. The van der Waals surface area contributed by atoms with E-state index in [1.807, 2.05) is 0 Å². The van der Waals surface area contributed by atoms with Crippen LogP contribution in [0.15, 0.2) is 0 Å². The average molecular weight is 2330 g/mol. The molecular weight excluding hydrogens is 2120 g/mol. The number of fused-ring (bicyclic) bond motifs is 12. The first-order chi connectivity index (χ1) is 58.1. The fourth-order valence-corrected chi connectivity index (χ4v) is 61.4. The minimum absolute atomic E-state index is 0. The molecule has 0 N–H and O–H groups in total. The van der Waals surface area contributed by atoms with Gasteiger partial charge in [-0.2, -0.15) is 0 Å².